The number of nitrogens with zero attached hydrogens (tertiary/aromatic N) is 2. The van der Waals surface area contributed by atoms with Crippen molar-refractivity contribution in [1.82, 2.24) is 10.2 Å². The maximum absolute atomic E-state index is 13.4. The zero-order valence-corrected chi connectivity index (χ0v) is 24.2. The highest BCUT2D eigenvalue weighted by atomic mass is 35.5. The average molecular weight is 587 g/mol. The summed E-state index contributed by atoms with van der Waals surface area (Å²) in [5, 5.41) is 3.67. The smallest absolute Gasteiger partial charge is 0.242 e. The van der Waals surface area contributed by atoms with Crippen LogP contribution in [0.2, 0.25) is 10.0 Å². The molecule has 38 heavy (non-hydrogen) atoms. The van der Waals surface area contributed by atoms with Crippen molar-refractivity contribution in [2.24, 2.45) is 0 Å². The Balaban J connectivity index is 1.76. The van der Waals surface area contributed by atoms with Gasteiger partial charge in [0.15, 0.2) is 11.5 Å². The minimum Gasteiger partial charge on any atom is -0.486 e. The van der Waals surface area contributed by atoms with Crippen molar-refractivity contribution >= 4 is 50.7 Å². The summed E-state index contributed by atoms with van der Waals surface area (Å²) in [4.78, 5) is 27.6. The Morgan fingerprint density at radius 3 is 2.34 bits per heavy atom. The Morgan fingerprint density at radius 1 is 1.03 bits per heavy atom. The Labute approximate surface area is 234 Å². The van der Waals surface area contributed by atoms with Crippen molar-refractivity contribution in [3.8, 4) is 11.5 Å². The molecule has 2 aromatic rings. The first-order valence-electron chi connectivity index (χ1n) is 12.3. The number of sulfonamides is 1. The maximum Gasteiger partial charge on any atom is 0.242 e. The van der Waals surface area contributed by atoms with E-state index in [-0.39, 0.29) is 43.8 Å². The third-order valence-corrected chi connectivity index (χ3v) is 7.70. The average Bonchev–Trinajstić information content (AvgIpc) is 2.84. The van der Waals surface area contributed by atoms with Crippen molar-refractivity contribution in [3.63, 3.8) is 0 Å². The van der Waals surface area contributed by atoms with Gasteiger partial charge in [0.1, 0.15) is 19.3 Å². The van der Waals surface area contributed by atoms with Crippen molar-refractivity contribution in [2.45, 2.75) is 52.2 Å². The van der Waals surface area contributed by atoms with Crippen LogP contribution in [0, 0.1) is 0 Å². The number of halogens is 2. The maximum atomic E-state index is 13.4. The van der Waals surface area contributed by atoms with Crippen LogP contribution in [0.3, 0.4) is 0 Å². The Bertz CT molecular complexity index is 1270. The van der Waals surface area contributed by atoms with E-state index < -0.39 is 16.1 Å². The molecule has 0 aliphatic carbocycles. The molecule has 0 saturated carbocycles. The largest absolute Gasteiger partial charge is 0.486 e. The van der Waals surface area contributed by atoms with Crippen LogP contribution in [0.25, 0.3) is 0 Å². The van der Waals surface area contributed by atoms with Crippen LogP contribution in [0.5, 0.6) is 11.5 Å². The molecule has 0 fully saturated rings. The van der Waals surface area contributed by atoms with Gasteiger partial charge >= 0.3 is 0 Å². The number of ether oxygens (including phenoxy) is 2. The predicted octanol–water partition coefficient (Wildman–Crippen LogP) is 4.25. The summed E-state index contributed by atoms with van der Waals surface area (Å²) in [5.41, 5.74) is 1.06. The van der Waals surface area contributed by atoms with Crippen molar-refractivity contribution in [3.05, 3.63) is 52.0 Å². The van der Waals surface area contributed by atoms with Gasteiger partial charge in [-0.3, -0.25) is 13.9 Å². The van der Waals surface area contributed by atoms with Gasteiger partial charge in [-0.2, -0.15) is 0 Å². The minimum atomic E-state index is -3.65. The fourth-order valence-electron chi connectivity index (χ4n) is 4.01. The molecule has 12 heteroatoms. The quantitative estimate of drug-likeness (QED) is 0.422. The molecule has 0 spiro atoms. The van der Waals surface area contributed by atoms with Gasteiger partial charge in [0.05, 0.1) is 11.9 Å². The zero-order valence-electron chi connectivity index (χ0n) is 21.9. The van der Waals surface area contributed by atoms with Gasteiger partial charge in [-0.05, 0) is 57.0 Å². The highest BCUT2D eigenvalue weighted by molar-refractivity contribution is 7.92. The van der Waals surface area contributed by atoms with Crippen molar-refractivity contribution in [2.75, 3.05) is 30.3 Å². The zero-order chi connectivity index (χ0) is 28.0. The van der Waals surface area contributed by atoms with Crippen LogP contribution in [0.15, 0.2) is 36.4 Å². The van der Waals surface area contributed by atoms with Gasteiger partial charge in [-0.25, -0.2) is 8.42 Å². The van der Waals surface area contributed by atoms with E-state index in [1.165, 1.54) is 9.21 Å². The molecule has 1 N–H and O–H groups in total. The second-order valence-corrected chi connectivity index (χ2v) is 12.1. The lowest BCUT2D eigenvalue weighted by Crippen LogP contribution is -2.49. The number of fused-ring (bicyclic) bond motifs is 1. The van der Waals surface area contributed by atoms with Gasteiger partial charge < -0.3 is 19.7 Å². The van der Waals surface area contributed by atoms with E-state index in [0.717, 1.165) is 6.26 Å². The van der Waals surface area contributed by atoms with Crippen LogP contribution < -0.4 is 19.1 Å². The van der Waals surface area contributed by atoms with Crippen molar-refractivity contribution < 1.29 is 27.5 Å². The van der Waals surface area contributed by atoms with Gasteiger partial charge in [0.25, 0.3) is 0 Å². The molecule has 2 amide bonds. The molecular weight excluding hydrogens is 553 g/mol. The van der Waals surface area contributed by atoms with E-state index in [9.17, 15) is 18.0 Å². The number of hydrogen-bond acceptors (Lipinski definition) is 6. The van der Waals surface area contributed by atoms with Gasteiger partial charge in [0, 0.05) is 41.7 Å². The molecule has 0 aromatic heterocycles. The lowest BCUT2D eigenvalue weighted by atomic mass is 10.1. The number of amides is 2. The summed E-state index contributed by atoms with van der Waals surface area (Å²) < 4.78 is 37.5. The molecule has 1 aliphatic rings. The molecule has 1 atom stereocenters. The number of rotatable bonds is 11. The molecule has 0 unspecified atom stereocenters. The first kappa shape index (κ1) is 29.9. The SMILES string of the molecule is CC(C)NC(=O)[C@@H](C)N(Cc1ccc(Cl)cc1Cl)C(=O)CCCN(c1ccc2c(c1)OCCO2)S(C)(=O)=O. The number of benzene rings is 2. The van der Waals surface area contributed by atoms with E-state index in [0.29, 0.717) is 46.0 Å². The molecule has 0 bridgehead atoms. The van der Waals surface area contributed by atoms with Gasteiger partial charge in [-0.1, -0.05) is 29.3 Å². The van der Waals surface area contributed by atoms with Crippen LogP contribution in [0.4, 0.5) is 5.69 Å². The van der Waals surface area contributed by atoms with E-state index >= 15 is 0 Å². The Morgan fingerprint density at radius 2 is 1.71 bits per heavy atom. The van der Waals surface area contributed by atoms with E-state index in [1.807, 2.05) is 13.8 Å². The monoisotopic (exact) mass is 585 g/mol. The van der Waals surface area contributed by atoms with E-state index in [2.05, 4.69) is 5.32 Å². The van der Waals surface area contributed by atoms with Crippen LogP contribution >= 0.6 is 23.2 Å². The summed E-state index contributed by atoms with van der Waals surface area (Å²) in [6.45, 7) is 6.29. The first-order chi connectivity index (χ1) is 17.9. The molecule has 3 rings (SSSR count). The molecule has 1 aliphatic heterocycles. The summed E-state index contributed by atoms with van der Waals surface area (Å²) in [5.74, 6) is 0.411. The lowest BCUT2D eigenvalue weighted by molar-refractivity contribution is -0.140. The molecular formula is C26H33Cl2N3O6S. The lowest BCUT2D eigenvalue weighted by Gasteiger charge is -2.30. The van der Waals surface area contributed by atoms with Gasteiger partial charge in [0.2, 0.25) is 21.8 Å². The predicted molar refractivity (Wildman–Crippen MR) is 149 cm³/mol. The van der Waals surface area contributed by atoms with Crippen molar-refractivity contribution in [1.29, 1.82) is 0 Å². The minimum absolute atomic E-state index is 0.0150. The standard InChI is InChI=1S/C26H33Cl2N3O6S/c1-17(2)29-26(33)18(3)30(16-19-7-8-20(27)14-22(19)28)25(32)6-5-11-31(38(4,34)35)21-9-10-23-24(15-21)37-13-12-36-23/h7-10,14-15,17-18H,5-6,11-13,16H2,1-4H3,(H,29,33)/t18-/m1/s1. The first-order valence-corrected chi connectivity index (χ1v) is 14.9. The van der Waals surface area contributed by atoms with Crippen LogP contribution in [-0.4, -0.2) is 63.2 Å². The van der Waals surface area contributed by atoms with Crippen LogP contribution in [0.1, 0.15) is 39.2 Å². The van der Waals surface area contributed by atoms with Crippen LogP contribution in [-0.2, 0) is 26.2 Å². The summed E-state index contributed by atoms with van der Waals surface area (Å²) in [6, 6.07) is 9.01. The topological polar surface area (TPSA) is 105 Å². The van der Waals surface area contributed by atoms with E-state index in [4.69, 9.17) is 32.7 Å². The second kappa shape index (κ2) is 12.9. The third-order valence-electron chi connectivity index (χ3n) is 5.92. The number of hydrogen-bond donors (Lipinski definition) is 1. The highest BCUT2D eigenvalue weighted by Crippen LogP contribution is 2.35. The fraction of sp³-hybridized carbons (Fsp3) is 0.462. The summed E-state index contributed by atoms with van der Waals surface area (Å²) in [6.07, 6.45) is 1.35. The normalized spacial score (nSPS) is 13.7. The summed E-state index contributed by atoms with van der Waals surface area (Å²) in [7, 11) is -3.65. The Kier molecular flexibility index (Phi) is 10.1. The molecule has 1 heterocycles. The molecule has 0 saturated heterocycles. The van der Waals surface area contributed by atoms with Gasteiger partial charge in [-0.15, -0.1) is 0 Å². The molecule has 0 radical (unpaired) electrons. The highest BCUT2D eigenvalue weighted by Gasteiger charge is 2.28. The Hall–Kier alpha value is -2.69. The third kappa shape index (κ3) is 7.91. The summed E-state index contributed by atoms with van der Waals surface area (Å²) >= 11 is 12.4. The number of carbonyl (C=O) groups excluding carboxylic acids is 2. The fourth-order valence-corrected chi connectivity index (χ4v) is 5.44. The van der Waals surface area contributed by atoms with E-state index in [1.54, 1.807) is 43.3 Å². The number of anilines is 1. The molecule has 208 valence electrons. The molecule has 9 nitrogen and oxygen atoms in total. The second-order valence-electron chi connectivity index (χ2n) is 9.36. The molecule has 2 aromatic carbocycles. The number of carbonyl (C=O) groups is 2. The number of nitrogens with one attached hydrogen (secondary N) is 1.